The van der Waals surface area contributed by atoms with E-state index in [0.717, 1.165) is 0 Å². The Balaban J connectivity index is 0.000000241. The lowest BCUT2D eigenvalue weighted by molar-refractivity contribution is 0.00125. The molecule has 0 N–H and O–H groups in total. The molecule has 0 saturated heterocycles. The van der Waals surface area contributed by atoms with Gasteiger partial charge in [-0.25, -0.2) is 4.39 Å². The molecule has 3 nitrogen and oxygen atoms in total. The molecule has 1 aliphatic carbocycles. The first-order valence-electron chi connectivity index (χ1n) is 4.28. The van der Waals surface area contributed by atoms with Crippen LogP contribution in [0.4, 0.5) is 8.92 Å². The molecule has 1 aliphatic rings. The summed E-state index contributed by atoms with van der Waals surface area (Å²) in [6.45, 7) is 2.14. The molecule has 0 bridgehead atoms. The Hall–Kier alpha value is -0.490. The molecular weight excluding hydrogens is 214 g/mol. The maximum absolute atomic E-state index is 10.8. The molecule has 0 aromatic rings. The second-order valence-electron chi connectivity index (χ2n) is 2.88. The van der Waals surface area contributed by atoms with Crippen molar-refractivity contribution in [3.05, 3.63) is 11.6 Å². The Morgan fingerprint density at radius 3 is 2.07 bits per heavy atom. The van der Waals surface area contributed by atoms with E-state index in [0.29, 0.717) is 0 Å². The Labute approximate surface area is 82.8 Å². The lowest BCUT2D eigenvalue weighted by Crippen LogP contribution is -1.99. The van der Waals surface area contributed by atoms with E-state index in [-0.39, 0.29) is 0 Å². The lowest BCUT2D eigenvalue weighted by Gasteiger charge is -1.85. The highest BCUT2D eigenvalue weighted by Crippen LogP contribution is 2.22. The molecule has 0 aromatic carbocycles. The van der Waals surface area contributed by atoms with Crippen molar-refractivity contribution in [2.75, 3.05) is 6.01 Å². The Morgan fingerprint density at radius 1 is 1.43 bits per heavy atom. The first kappa shape index (κ1) is 13.5. The first-order chi connectivity index (χ1) is 6.55. The van der Waals surface area contributed by atoms with E-state index in [1.807, 2.05) is 0 Å². The molecule has 0 unspecified atom stereocenters. The van der Waals surface area contributed by atoms with Crippen molar-refractivity contribution in [3.63, 3.8) is 0 Å². The van der Waals surface area contributed by atoms with E-state index >= 15 is 0 Å². The third-order valence-electron chi connectivity index (χ3n) is 1.88. The number of halogens is 2. The summed E-state index contributed by atoms with van der Waals surface area (Å²) in [5.41, 5.74) is 1.67. The quantitative estimate of drug-likeness (QED) is 0.682. The molecule has 0 aliphatic heterocycles. The number of allylic oxidation sites excluding steroid dienone is 2. The highest BCUT2D eigenvalue weighted by molar-refractivity contribution is 7.86. The van der Waals surface area contributed by atoms with Crippen molar-refractivity contribution in [1.29, 1.82) is 0 Å². The largest absolute Gasteiger partial charge is 0.327 e. The molecule has 6 heteroatoms. The zero-order valence-corrected chi connectivity index (χ0v) is 8.82. The highest BCUT2D eigenvalue weighted by Gasteiger charge is 2.08. The first-order valence-corrected chi connectivity index (χ1v) is 5.86. The van der Waals surface area contributed by atoms with Crippen LogP contribution in [0, 0.1) is 0 Å². The van der Waals surface area contributed by atoms with Crippen LogP contribution in [-0.4, -0.2) is 14.4 Å². The van der Waals surface area contributed by atoms with E-state index in [1.54, 1.807) is 5.57 Å². The van der Waals surface area contributed by atoms with Crippen molar-refractivity contribution >= 4 is 10.1 Å². The van der Waals surface area contributed by atoms with Crippen LogP contribution in [0.5, 0.6) is 0 Å². The van der Waals surface area contributed by atoms with E-state index in [4.69, 9.17) is 0 Å². The van der Waals surface area contributed by atoms with Gasteiger partial charge in [-0.2, -0.15) is 8.42 Å². The molecule has 0 amide bonds. The van der Waals surface area contributed by atoms with Crippen LogP contribution in [-0.2, 0) is 14.5 Å². The van der Waals surface area contributed by atoms with Crippen molar-refractivity contribution in [1.82, 2.24) is 0 Å². The van der Waals surface area contributed by atoms with Gasteiger partial charge in [-0.15, -0.1) is 0 Å². The van der Waals surface area contributed by atoms with Crippen molar-refractivity contribution in [2.45, 2.75) is 32.6 Å². The van der Waals surface area contributed by atoms with Crippen LogP contribution in [0.15, 0.2) is 11.6 Å². The maximum atomic E-state index is 10.8. The maximum Gasteiger partial charge on any atom is 0.327 e. The van der Waals surface area contributed by atoms with Gasteiger partial charge in [-0.3, -0.25) is 0 Å². The molecule has 14 heavy (non-hydrogen) atoms. The normalized spacial score (nSPS) is 16.1. The predicted molar refractivity (Wildman–Crippen MR) is 49.3 cm³/mol. The Kier molecular flexibility index (Phi) is 6.65. The molecule has 0 aromatic heterocycles. The van der Waals surface area contributed by atoms with Gasteiger partial charge < -0.3 is 0 Å². The fraction of sp³-hybridized carbons (Fsp3) is 0.750. The Bertz CT molecular complexity index is 254. The minimum absolute atomic E-state index is 1.37. The average Bonchev–Trinajstić information content (AvgIpc) is 2.71. The third kappa shape index (κ3) is 6.04. The number of hydrogen-bond acceptors (Lipinski definition) is 3. The zero-order valence-electron chi connectivity index (χ0n) is 8.00. The minimum Gasteiger partial charge on any atom is -0.231 e. The standard InChI is InChI=1S/C7H12.CH2F2O3S/c1-2-7-5-3-4-6-7;2-1-7(4,5)6-3/h2H,3-6H2,1H3;1H2. The number of rotatable bonds is 2. The van der Waals surface area contributed by atoms with Crippen LogP contribution in [0.2, 0.25) is 0 Å². The molecule has 0 spiro atoms. The summed E-state index contributed by atoms with van der Waals surface area (Å²) in [5.74, 6) is 0. The van der Waals surface area contributed by atoms with Crippen molar-refractivity contribution in [2.24, 2.45) is 0 Å². The summed E-state index contributed by atoms with van der Waals surface area (Å²) in [4.78, 5) is 0. The summed E-state index contributed by atoms with van der Waals surface area (Å²) < 4.78 is 42.2. The van der Waals surface area contributed by atoms with Crippen LogP contribution >= 0.6 is 0 Å². The Morgan fingerprint density at radius 2 is 1.93 bits per heavy atom. The molecule has 1 saturated carbocycles. The van der Waals surface area contributed by atoms with E-state index in [1.165, 1.54) is 25.7 Å². The van der Waals surface area contributed by atoms with E-state index in [9.17, 15) is 17.3 Å². The van der Waals surface area contributed by atoms with Crippen molar-refractivity contribution < 1.29 is 21.7 Å². The lowest BCUT2D eigenvalue weighted by atomic mass is 10.2. The minimum atomic E-state index is -4.49. The molecular formula is C8H14F2O3S. The van der Waals surface area contributed by atoms with Gasteiger partial charge in [-0.05, 0) is 37.1 Å². The van der Waals surface area contributed by atoms with Gasteiger partial charge >= 0.3 is 10.1 Å². The topological polar surface area (TPSA) is 43.4 Å². The smallest absolute Gasteiger partial charge is 0.231 e. The monoisotopic (exact) mass is 228 g/mol. The van der Waals surface area contributed by atoms with Gasteiger partial charge in [0.2, 0.25) is 6.01 Å². The molecule has 1 rings (SSSR count). The second kappa shape index (κ2) is 6.89. The van der Waals surface area contributed by atoms with Gasteiger partial charge in [0.1, 0.15) is 0 Å². The van der Waals surface area contributed by atoms with Gasteiger partial charge in [0.05, 0.1) is 0 Å². The van der Waals surface area contributed by atoms with Crippen LogP contribution < -0.4 is 0 Å². The van der Waals surface area contributed by atoms with Crippen molar-refractivity contribution in [3.8, 4) is 0 Å². The predicted octanol–water partition coefficient (Wildman–Crippen LogP) is 2.65. The summed E-state index contributed by atoms with van der Waals surface area (Å²) in [5, 5.41) is 0. The zero-order chi connectivity index (χ0) is 11.0. The van der Waals surface area contributed by atoms with E-state index in [2.05, 4.69) is 17.4 Å². The molecule has 0 radical (unpaired) electrons. The van der Waals surface area contributed by atoms with Gasteiger partial charge in [0.25, 0.3) is 0 Å². The summed E-state index contributed by atoms with van der Waals surface area (Å²) in [6, 6.07) is -1.83. The molecule has 0 atom stereocenters. The van der Waals surface area contributed by atoms with Crippen LogP contribution in [0.3, 0.4) is 0 Å². The second-order valence-corrected chi connectivity index (χ2v) is 4.34. The fourth-order valence-corrected chi connectivity index (χ4v) is 1.17. The molecule has 84 valence electrons. The molecule has 1 fully saturated rings. The van der Waals surface area contributed by atoms with Crippen LogP contribution in [0.1, 0.15) is 32.6 Å². The number of alkyl halides is 1. The van der Waals surface area contributed by atoms with Gasteiger partial charge in [0.15, 0.2) is 0 Å². The molecule has 0 heterocycles. The number of hydrogen-bond donors (Lipinski definition) is 0. The van der Waals surface area contributed by atoms with Gasteiger partial charge in [0, 0.05) is 0 Å². The van der Waals surface area contributed by atoms with Crippen LogP contribution in [0.25, 0.3) is 0 Å². The van der Waals surface area contributed by atoms with Gasteiger partial charge in [-0.1, -0.05) is 16.0 Å². The summed E-state index contributed by atoms with van der Waals surface area (Å²) >= 11 is 0. The van der Waals surface area contributed by atoms with E-state index < -0.39 is 16.1 Å². The fourth-order valence-electron chi connectivity index (χ4n) is 1.13. The SMILES string of the molecule is CC=C1CCCC1.O=S(=O)(CF)OF. The summed E-state index contributed by atoms with van der Waals surface area (Å²) in [7, 11) is -4.49. The highest BCUT2D eigenvalue weighted by atomic mass is 32.2. The average molecular weight is 228 g/mol. The third-order valence-corrected chi connectivity index (χ3v) is 2.34. The summed E-state index contributed by atoms with van der Waals surface area (Å²) in [6.07, 6.45) is 7.86.